The molecular formula is C21H30N2O4. The van der Waals surface area contributed by atoms with Crippen molar-refractivity contribution in [1.29, 1.82) is 0 Å². The molecule has 3 rings (SSSR count). The highest BCUT2D eigenvalue weighted by atomic mass is 16.5. The van der Waals surface area contributed by atoms with Crippen LogP contribution in [0.3, 0.4) is 0 Å². The van der Waals surface area contributed by atoms with Gasteiger partial charge in [-0.2, -0.15) is 4.79 Å². The molecule has 0 radical (unpaired) electrons. The number of Topliss-reactive ketones (excluding diaryl/α,β-unsaturated/α-hetero) is 1. The molecule has 0 aromatic rings. The lowest BCUT2D eigenvalue weighted by Crippen LogP contribution is -2.62. The van der Waals surface area contributed by atoms with Crippen LogP contribution in [0.2, 0.25) is 0 Å². The van der Waals surface area contributed by atoms with E-state index < -0.39 is 34.4 Å². The Balaban J connectivity index is 2.29. The zero-order chi connectivity index (χ0) is 20.2. The van der Waals surface area contributed by atoms with Crippen molar-refractivity contribution < 1.29 is 24.2 Å². The number of hydrogen-bond acceptors (Lipinski definition) is 4. The van der Waals surface area contributed by atoms with E-state index in [0.29, 0.717) is 19.3 Å². The quantitative estimate of drug-likeness (QED) is 0.355. The molecule has 148 valence electrons. The average molecular weight is 374 g/mol. The predicted molar refractivity (Wildman–Crippen MR) is 99.7 cm³/mol. The number of carbonyl (C=O) groups is 2. The second-order valence-electron chi connectivity index (χ2n) is 9.43. The summed E-state index contributed by atoms with van der Waals surface area (Å²) >= 11 is 0. The van der Waals surface area contributed by atoms with E-state index in [1.165, 1.54) is 0 Å². The Morgan fingerprint density at radius 3 is 2.59 bits per heavy atom. The summed E-state index contributed by atoms with van der Waals surface area (Å²) in [7, 11) is 0. The molecule has 0 heterocycles. The third-order valence-corrected chi connectivity index (χ3v) is 8.50. The summed E-state index contributed by atoms with van der Waals surface area (Å²) in [6, 6.07) is 0. The van der Waals surface area contributed by atoms with Crippen molar-refractivity contribution >= 4 is 18.0 Å². The second-order valence-corrected chi connectivity index (χ2v) is 9.43. The normalized spacial score (nSPS) is 49.4. The first-order chi connectivity index (χ1) is 12.6. The minimum absolute atomic E-state index is 0.137. The summed E-state index contributed by atoms with van der Waals surface area (Å²) in [6.45, 7) is 12.5. The summed E-state index contributed by atoms with van der Waals surface area (Å²) in [5, 5.41) is 11.4. The number of hydrogen-bond donors (Lipinski definition) is 1. The first-order valence-electron chi connectivity index (χ1n) is 9.78. The van der Waals surface area contributed by atoms with E-state index in [-0.39, 0.29) is 23.3 Å². The van der Waals surface area contributed by atoms with E-state index in [1.54, 1.807) is 6.08 Å². The van der Waals surface area contributed by atoms with Crippen LogP contribution in [0.5, 0.6) is 0 Å². The van der Waals surface area contributed by atoms with Crippen LogP contribution >= 0.6 is 0 Å². The first-order valence-corrected chi connectivity index (χ1v) is 9.78. The molecule has 6 heteroatoms. The van der Waals surface area contributed by atoms with Crippen molar-refractivity contribution in [3.8, 4) is 0 Å². The van der Waals surface area contributed by atoms with Crippen LogP contribution in [-0.4, -0.2) is 40.1 Å². The van der Waals surface area contributed by atoms with Gasteiger partial charge in [0.15, 0.2) is 0 Å². The molecule has 1 N–H and O–H groups in total. The third kappa shape index (κ3) is 2.43. The molecule has 3 fully saturated rings. The highest BCUT2D eigenvalue weighted by Crippen LogP contribution is 2.67. The van der Waals surface area contributed by atoms with Crippen LogP contribution in [0.4, 0.5) is 0 Å². The molecule has 3 aliphatic carbocycles. The maximum Gasteiger partial charge on any atom is 0.335 e. The van der Waals surface area contributed by atoms with Crippen LogP contribution < -0.4 is 0 Å². The Morgan fingerprint density at radius 1 is 1.37 bits per heavy atom. The maximum atomic E-state index is 13.2. The van der Waals surface area contributed by atoms with E-state index in [0.717, 1.165) is 12.8 Å². The second kappa shape index (κ2) is 6.39. The topological polar surface area (TPSA) is 100 Å². The molecule has 0 unspecified atom stereocenters. The van der Waals surface area contributed by atoms with E-state index in [4.69, 9.17) is 4.74 Å². The van der Waals surface area contributed by atoms with Gasteiger partial charge in [-0.3, -0.25) is 9.59 Å². The van der Waals surface area contributed by atoms with Crippen molar-refractivity contribution in [3.05, 3.63) is 18.2 Å². The molecule has 0 spiro atoms. The number of aliphatic hydroxyl groups is 1. The van der Waals surface area contributed by atoms with E-state index >= 15 is 0 Å². The monoisotopic (exact) mass is 374 g/mol. The number of carbonyl (C=O) groups excluding carboxylic acids is 2. The smallest absolute Gasteiger partial charge is 0.335 e. The van der Waals surface area contributed by atoms with Gasteiger partial charge >= 0.3 is 5.71 Å². The van der Waals surface area contributed by atoms with Crippen molar-refractivity contribution in [1.82, 2.24) is 0 Å². The molecule has 0 aromatic heterocycles. The van der Waals surface area contributed by atoms with Gasteiger partial charge in [0.1, 0.15) is 6.10 Å². The van der Waals surface area contributed by atoms with Crippen molar-refractivity contribution in [2.45, 2.75) is 65.6 Å². The number of rotatable bonds is 3. The van der Waals surface area contributed by atoms with Gasteiger partial charge in [-0.25, -0.2) is 0 Å². The molecule has 3 aliphatic rings. The van der Waals surface area contributed by atoms with Gasteiger partial charge in [0.25, 0.3) is 6.47 Å². The fraction of sp³-hybridized carbons (Fsp3) is 0.762. The van der Waals surface area contributed by atoms with Gasteiger partial charge in [0.05, 0.1) is 12.5 Å². The van der Waals surface area contributed by atoms with Crippen LogP contribution in [0.1, 0.15) is 53.4 Å². The Hall–Kier alpha value is -1.78. The Labute approximate surface area is 160 Å². The lowest BCUT2D eigenvalue weighted by molar-refractivity contribution is -0.198. The Morgan fingerprint density at radius 2 is 2.04 bits per heavy atom. The minimum Gasteiger partial charge on any atom is -0.463 e. The average Bonchev–Trinajstić information content (AvgIpc) is 2.95. The van der Waals surface area contributed by atoms with Gasteiger partial charge in [0, 0.05) is 22.7 Å². The van der Waals surface area contributed by atoms with Crippen molar-refractivity contribution in [2.75, 3.05) is 0 Å². The summed E-state index contributed by atoms with van der Waals surface area (Å²) in [5.74, 6) is -0.656. The van der Waals surface area contributed by atoms with Crippen LogP contribution in [0, 0.1) is 34.0 Å². The largest absolute Gasteiger partial charge is 0.463 e. The van der Waals surface area contributed by atoms with Crippen LogP contribution in [0.15, 0.2) is 12.7 Å². The third-order valence-electron chi connectivity index (χ3n) is 8.50. The molecule has 0 amide bonds. The van der Waals surface area contributed by atoms with Crippen LogP contribution in [-0.2, 0) is 14.3 Å². The molecule has 3 saturated carbocycles. The molecule has 0 saturated heterocycles. The molecular weight excluding hydrogens is 344 g/mol. The summed E-state index contributed by atoms with van der Waals surface area (Å²) in [5.41, 5.74) is 7.85. The summed E-state index contributed by atoms with van der Waals surface area (Å²) in [6.07, 6.45) is 2.79. The lowest BCUT2D eigenvalue weighted by Gasteiger charge is -2.61. The van der Waals surface area contributed by atoms with E-state index in [9.17, 15) is 20.2 Å². The number of ether oxygens (including phenoxy) is 1. The summed E-state index contributed by atoms with van der Waals surface area (Å²) in [4.78, 5) is 27.9. The molecule has 0 aliphatic heterocycles. The van der Waals surface area contributed by atoms with E-state index in [1.807, 2.05) is 20.8 Å². The highest BCUT2D eigenvalue weighted by molar-refractivity contribution is 6.41. The lowest BCUT2D eigenvalue weighted by atomic mass is 9.44. The molecule has 8 atom stereocenters. The van der Waals surface area contributed by atoms with Gasteiger partial charge in [0.2, 0.25) is 5.78 Å². The summed E-state index contributed by atoms with van der Waals surface area (Å²) < 4.78 is 5.57. The molecule has 27 heavy (non-hydrogen) atoms. The molecule has 6 nitrogen and oxygen atoms in total. The van der Waals surface area contributed by atoms with Gasteiger partial charge in [-0.05, 0) is 30.6 Å². The molecule has 2 bridgehead atoms. The number of ketones is 1. The number of nitrogens with zero attached hydrogens (tertiary/aromatic N) is 2. The SMILES string of the molecule is C=C[C@]1(C)C[C@@H](O)[C@]2(C)[C@H](C)CC[C@]3(CC(=[N+]=[N-])C(=O)[C@H]32)[C@@H](C)[C@@H]1OC=O. The standard InChI is InChI=1S/C21H30N2O4/c1-6-19(4)10-15(25)20(5)12(2)7-8-21(13(3)18(19)27-11-24)9-14(23-22)16(26)17(20)21/h6,11-13,15,17-18,25H,1,7-10H2,2-5H3/t12-,13+,15-,17+,18+,19-,20+,21+/m1/s1. The van der Waals surface area contributed by atoms with Crippen molar-refractivity contribution in [3.63, 3.8) is 0 Å². The zero-order valence-electron chi connectivity index (χ0n) is 16.6. The highest BCUT2D eigenvalue weighted by Gasteiger charge is 2.71. The molecule has 0 aromatic carbocycles. The van der Waals surface area contributed by atoms with Gasteiger partial charge < -0.3 is 15.4 Å². The number of aliphatic hydroxyl groups excluding tert-OH is 1. The fourth-order valence-electron chi connectivity index (χ4n) is 6.56. The van der Waals surface area contributed by atoms with Crippen molar-refractivity contribution in [2.24, 2.45) is 34.0 Å². The van der Waals surface area contributed by atoms with E-state index in [2.05, 4.69) is 18.3 Å². The fourth-order valence-corrected chi connectivity index (χ4v) is 6.56. The van der Waals surface area contributed by atoms with Crippen LogP contribution in [0.25, 0.3) is 5.53 Å². The Kier molecular flexibility index (Phi) is 4.72. The maximum absolute atomic E-state index is 13.2. The minimum atomic E-state index is -0.771. The predicted octanol–water partition coefficient (Wildman–Crippen LogP) is 2.80. The Bertz CT molecular complexity index is 730. The zero-order valence-corrected chi connectivity index (χ0v) is 16.6. The first kappa shape index (κ1) is 20.0. The van der Waals surface area contributed by atoms with Gasteiger partial charge in [-0.1, -0.05) is 33.8 Å². The van der Waals surface area contributed by atoms with Gasteiger partial charge in [-0.15, -0.1) is 6.58 Å².